The Balaban J connectivity index is 1.49. The molecule has 4 rings (SSSR count). The normalized spacial score (nSPS) is 18.6. The number of rotatable bonds is 8. The van der Waals surface area contributed by atoms with E-state index in [0.717, 1.165) is 18.2 Å². The number of esters is 2. The summed E-state index contributed by atoms with van der Waals surface area (Å²) < 4.78 is 77.5. The summed E-state index contributed by atoms with van der Waals surface area (Å²) in [6, 6.07) is 8.66. The smallest absolute Gasteiger partial charge is 0.351 e. The van der Waals surface area contributed by atoms with Crippen molar-refractivity contribution in [2.75, 3.05) is 18.8 Å². The molecule has 214 valence electrons. The first kappa shape index (κ1) is 29.3. The molecule has 2 N–H and O–H groups in total. The van der Waals surface area contributed by atoms with Gasteiger partial charge >= 0.3 is 23.6 Å². The zero-order valence-corrected chi connectivity index (χ0v) is 22.0. The van der Waals surface area contributed by atoms with Gasteiger partial charge in [-0.3, -0.25) is 4.79 Å². The first-order valence-electron chi connectivity index (χ1n) is 12.4. The first-order valence-corrected chi connectivity index (χ1v) is 14.3. The molecule has 1 saturated heterocycles. The van der Waals surface area contributed by atoms with E-state index in [4.69, 9.17) is 15.2 Å². The van der Waals surface area contributed by atoms with Crippen molar-refractivity contribution in [2.45, 2.75) is 36.8 Å². The highest BCUT2D eigenvalue weighted by Crippen LogP contribution is 2.29. The van der Waals surface area contributed by atoms with Crippen molar-refractivity contribution in [3.05, 3.63) is 83.2 Å². The van der Waals surface area contributed by atoms with Crippen LogP contribution in [0.15, 0.2) is 54.6 Å². The number of piperidine rings is 1. The van der Waals surface area contributed by atoms with Crippen LogP contribution < -0.4 is 5.73 Å². The van der Waals surface area contributed by atoms with Crippen molar-refractivity contribution in [1.82, 2.24) is 4.90 Å². The van der Waals surface area contributed by atoms with Crippen molar-refractivity contribution < 1.29 is 45.4 Å². The third-order valence-electron chi connectivity index (χ3n) is 6.83. The standard InChI is InChI=1S/C27H27F3N2O7S/c28-20-14-22(30)21(29)12-19(20)13-23(31)18-8-10-32(11-9-18)26(35)27(38-24(33)6-7-25(34)39-27)16-40(36,37)15-17-4-2-1-3-5-17/h1-7,12,14,18,23H,8-11,13,15-16,31H2/t23-/m1/s1. The number of cyclic esters (lactones) is 2. The minimum atomic E-state index is -4.15. The van der Waals surface area contributed by atoms with Gasteiger partial charge in [-0.25, -0.2) is 31.2 Å². The molecule has 0 saturated carbocycles. The molecule has 1 fully saturated rings. The molecule has 9 nitrogen and oxygen atoms in total. The van der Waals surface area contributed by atoms with Crippen LogP contribution in [-0.2, 0) is 45.9 Å². The Morgan fingerprint density at radius 2 is 1.55 bits per heavy atom. The Morgan fingerprint density at radius 3 is 2.15 bits per heavy atom. The summed E-state index contributed by atoms with van der Waals surface area (Å²) >= 11 is 0. The molecule has 2 heterocycles. The van der Waals surface area contributed by atoms with Crippen molar-refractivity contribution in [3.8, 4) is 0 Å². The number of nitrogens with two attached hydrogens (primary N) is 1. The van der Waals surface area contributed by atoms with Crippen molar-refractivity contribution in [2.24, 2.45) is 11.7 Å². The fraction of sp³-hybridized carbons (Fsp3) is 0.370. The molecule has 2 aliphatic heterocycles. The molecule has 0 aliphatic carbocycles. The lowest BCUT2D eigenvalue weighted by Crippen LogP contribution is -2.59. The molecule has 0 bridgehead atoms. The van der Waals surface area contributed by atoms with E-state index < -0.39 is 68.5 Å². The summed E-state index contributed by atoms with van der Waals surface area (Å²) in [5.41, 5.74) is 6.56. The number of carbonyl (C=O) groups excluding carboxylic acids is 3. The monoisotopic (exact) mass is 580 g/mol. The number of benzene rings is 2. The highest BCUT2D eigenvalue weighted by Gasteiger charge is 2.53. The quantitative estimate of drug-likeness (QED) is 0.371. The summed E-state index contributed by atoms with van der Waals surface area (Å²) in [6.45, 7) is 0.0565. The van der Waals surface area contributed by atoms with Crippen molar-refractivity contribution in [3.63, 3.8) is 0 Å². The molecule has 2 aliphatic rings. The van der Waals surface area contributed by atoms with Crippen LogP contribution >= 0.6 is 0 Å². The second kappa shape index (κ2) is 11.8. The molecular weight excluding hydrogens is 553 g/mol. The van der Waals surface area contributed by atoms with Gasteiger partial charge in [0.25, 0.3) is 0 Å². The van der Waals surface area contributed by atoms with Crippen LogP contribution in [0.5, 0.6) is 0 Å². The minimum Gasteiger partial charge on any atom is -0.409 e. The predicted octanol–water partition coefficient (Wildman–Crippen LogP) is 2.18. The van der Waals surface area contributed by atoms with E-state index in [0.29, 0.717) is 11.6 Å². The fourth-order valence-electron chi connectivity index (χ4n) is 4.84. The maximum Gasteiger partial charge on any atom is 0.351 e. The third-order valence-corrected chi connectivity index (χ3v) is 8.42. The fourth-order valence-corrected chi connectivity index (χ4v) is 6.46. The van der Waals surface area contributed by atoms with E-state index >= 15 is 0 Å². The number of halogens is 3. The molecule has 0 radical (unpaired) electrons. The number of sulfone groups is 1. The van der Waals surface area contributed by atoms with Gasteiger partial charge in [0, 0.05) is 37.3 Å². The number of nitrogens with zero attached hydrogens (tertiary/aromatic N) is 1. The van der Waals surface area contributed by atoms with Crippen LogP contribution in [0.3, 0.4) is 0 Å². The Morgan fingerprint density at radius 1 is 0.975 bits per heavy atom. The number of likely N-dealkylation sites (tertiary alicyclic amines) is 1. The molecule has 0 aromatic heterocycles. The molecule has 0 unspecified atom stereocenters. The Bertz CT molecular complexity index is 1410. The average Bonchev–Trinajstić information content (AvgIpc) is 3.04. The van der Waals surface area contributed by atoms with Gasteiger partial charge < -0.3 is 20.1 Å². The van der Waals surface area contributed by atoms with E-state index in [1.807, 2.05) is 0 Å². The van der Waals surface area contributed by atoms with Gasteiger partial charge in [-0.1, -0.05) is 30.3 Å². The molecule has 13 heteroatoms. The lowest BCUT2D eigenvalue weighted by atomic mass is 9.86. The van der Waals surface area contributed by atoms with Gasteiger partial charge in [-0.05, 0) is 42.4 Å². The van der Waals surface area contributed by atoms with Crippen molar-refractivity contribution in [1.29, 1.82) is 0 Å². The Labute approximate surface area is 228 Å². The number of hydrogen-bond donors (Lipinski definition) is 1. The molecule has 1 amide bonds. The topological polar surface area (TPSA) is 133 Å². The summed E-state index contributed by atoms with van der Waals surface area (Å²) in [5.74, 6) is -11.3. The maximum absolute atomic E-state index is 14.1. The average molecular weight is 581 g/mol. The summed E-state index contributed by atoms with van der Waals surface area (Å²) in [6.07, 6.45) is 1.97. The minimum absolute atomic E-state index is 0.0282. The van der Waals surface area contributed by atoms with E-state index in [1.165, 1.54) is 4.90 Å². The summed E-state index contributed by atoms with van der Waals surface area (Å²) in [5, 5.41) is 0. The van der Waals surface area contributed by atoms with Gasteiger partial charge in [0.1, 0.15) is 11.6 Å². The number of carbonyl (C=O) groups is 3. The van der Waals surface area contributed by atoms with E-state index in [-0.39, 0.29) is 43.8 Å². The molecule has 2 aromatic carbocycles. The van der Waals surface area contributed by atoms with Crippen LogP contribution in [-0.4, -0.2) is 61.8 Å². The largest absolute Gasteiger partial charge is 0.409 e. The van der Waals surface area contributed by atoms with Crippen LogP contribution in [0.25, 0.3) is 0 Å². The molecule has 40 heavy (non-hydrogen) atoms. The second-order valence-electron chi connectivity index (χ2n) is 9.80. The van der Waals surface area contributed by atoms with Gasteiger partial charge in [-0.2, -0.15) is 0 Å². The van der Waals surface area contributed by atoms with E-state index in [2.05, 4.69) is 0 Å². The van der Waals surface area contributed by atoms with Gasteiger partial charge in [0.2, 0.25) is 0 Å². The highest BCUT2D eigenvalue weighted by molar-refractivity contribution is 7.90. The van der Waals surface area contributed by atoms with E-state index in [1.54, 1.807) is 30.3 Å². The third kappa shape index (κ3) is 6.89. The molecule has 1 atom stereocenters. The van der Waals surface area contributed by atoms with Crippen LogP contribution in [0.2, 0.25) is 0 Å². The molecular formula is C27H27F3N2O7S. The predicted molar refractivity (Wildman–Crippen MR) is 135 cm³/mol. The van der Waals surface area contributed by atoms with Gasteiger partial charge in [-0.15, -0.1) is 0 Å². The van der Waals surface area contributed by atoms with Crippen LogP contribution in [0.1, 0.15) is 24.0 Å². The van der Waals surface area contributed by atoms with Crippen LogP contribution in [0, 0.1) is 23.4 Å². The van der Waals surface area contributed by atoms with Crippen LogP contribution in [0.4, 0.5) is 13.2 Å². The highest BCUT2D eigenvalue weighted by atomic mass is 32.2. The number of ether oxygens (including phenoxy) is 2. The maximum atomic E-state index is 14.1. The molecule has 0 spiro atoms. The number of amides is 1. The van der Waals surface area contributed by atoms with Crippen molar-refractivity contribution >= 4 is 27.7 Å². The lowest BCUT2D eigenvalue weighted by molar-refractivity contribution is -0.220. The summed E-state index contributed by atoms with van der Waals surface area (Å²) in [7, 11) is -4.15. The zero-order valence-electron chi connectivity index (χ0n) is 21.2. The zero-order chi connectivity index (χ0) is 29.1. The van der Waals surface area contributed by atoms with Gasteiger partial charge in [0.15, 0.2) is 21.5 Å². The van der Waals surface area contributed by atoms with E-state index in [9.17, 15) is 36.0 Å². The van der Waals surface area contributed by atoms with Gasteiger partial charge in [0.05, 0.1) is 5.75 Å². The second-order valence-corrected chi connectivity index (χ2v) is 11.9. The Kier molecular flexibility index (Phi) is 8.64. The number of hydrogen-bond acceptors (Lipinski definition) is 8. The lowest BCUT2D eigenvalue weighted by Gasteiger charge is -2.39. The first-order chi connectivity index (χ1) is 18.9. The summed E-state index contributed by atoms with van der Waals surface area (Å²) in [4.78, 5) is 39.4. The molecule has 2 aromatic rings. The Hall–Kier alpha value is -3.71. The SMILES string of the molecule is N[C@H](Cc1cc(F)c(F)cc1F)C1CCN(C(=O)C2(CS(=O)(=O)Cc3ccccc3)OC(=O)C=CC(=O)O2)CC1.